The van der Waals surface area contributed by atoms with Gasteiger partial charge in [0.2, 0.25) is 0 Å². The van der Waals surface area contributed by atoms with E-state index in [0.29, 0.717) is 0 Å². The van der Waals surface area contributed by atoms with Gasteiger partial charge in [0.25, 0.3) is 0 Å². The van der Waals surface area contributed by atoms with E-state index in [0.717, 1.165) is 13.2 Å². The predicted molar refractivity (Wildman–Crippen MR) is 57.8 cm³/mol. The number of aromatic nitrogens is 1. The summed E-state index contributed by atoms with van der Waals surface area (Å²) in [4.78, 5) is 0. The van der Waals surface area contributed by atoms with Gasteiger partial charge in [0.05, 0.1) is 17.7 Å². The van der Waals surface area contributed by atoms with Crippen LogP contribution in [0.15, 0.2) is 16.7 Å². The molecule has 0 aliphatic heterocycles. The highest BCUT2D eigenvalue weighted by Crippen LogP contribution is 2.36. The molecule has 0 saturated heterocycles. The Hall–Kier alpha value is -1.82. The number of ether oxygens (including phenoxy) is 1. The maximum atomic E-state index is 13.9. The summed E-state index contributed by atoms with van der Waals surface area (Å²) in [7, 11) is 1.14. The lowest BCUT2D eigenvalue weighted by atomic mass is 10.1. The molecule has 2 rings (SSSR count). The Balaban J connectivity index is 2.67. The van der Waals surface area contributed by atoms with Crippen LogP contribution in [0.25, 0.3) is 11.3 Å². The molecule has 1 aromatic heterocycles. The number of hydrogen-bond donors (Lipinski definition) is 1. The first kappa shape index (κ1) is 11.7. The smallest absolute Gasteiger partial charge is 0.192 e. The van der Waals surface area contributed by atoms with Gasteiger partial charge in [-0.05, 0) is 6.07 Å². The topological polar surface area (TPSA) is 61.3 Å². The molecule has 90 valence electrons. The average Bonchev–Trinajstić information content (AvgIpc) is 2.71. The second kappa shape index (κ2) is 4.21. The van der Waals surface area contributed by atoms with Gasteiger partial charge in [0.15, 0.2) is 29.0 Å². The molecule has 0 unspecified atom stereocenters. The molecule has 0 aliphatic carbocycles. The Morgan fingerprint density at radius 1 is 1.35 bits per heavy atom. The van der Waals surface area contributed by atoms with Gasteiger partial charge >= 0.3 is 0 Å². The Bertz CT molecular complexity index is 572. The summed E-state index contributed by atoms with van der Waals surface area (Å²) < 4.78 is 36.6. The van der Waals surface area contributed by atoms with E-state index in [9.17, 15) is 8.78 Å². The number of nitrogens with two attached hydrogens (primary N) is 1. The fourth-order valence-electron chi connectivity index (χ4n) is 1.35. The van der Waals surface area contributed by atoms with Crippen LogP contribution < -0.4 is 10.5 Å². The van der Waals surface area contributed by atoms with Crippen molar-refractivity contribution in [1.82, 2.24) is 5.16 Å². The number of rotatable bonds is 2. The summed E-state index contributed by atoms with van der Waals surface area (Å²) in [5.41, 5.74) is 5.27. The van der Waals surface area contributed by atoms with E-state index in [2.05, 4.69) is 9.89 Å². The quantitative estimate of drug-likeness (QED) is 0.844. The van der Waals surface area contributed by atoms with Gasteiger partial charge in [-0.25, -0.2) is 8.78 Å². The third-order valence-corrected chi connectivity index (χ3v) is 2.39. The summed E-state index contributed by atoms with van der Waals surface area (Å²) in [5.74, 6) is -2.35. The number of hydrogen-bond acceptors (Lipinski definition) is 4. The van der Waals surface area contributed by atoms with Crippen molar-refractivity contribution in [2.24, 2.45) is 0 Å². The van der Waals surface area contributed by atoms with Crippen molar-refractivity contribution >= 4 is 17.4 Å². The molecule has 0 bridgehead atoms. The highest BCUT2D eigenvalue weighted by molar-refractivity contribution is 6.31. The monoisotopic (exact) mass is 260 g/mol. The predicted octanol–water partition coefficient (Wildman–Crippen LogP) is 2.86. The zero-order chi connectivity index (χ0) is 12.6. The fourth-order valence-corrected chi connectivity index (χ4v) is 1.55. The molecule has 0 atom stereocenters. The summed E-state index contributed by atoms with van der Waals surface area (Å²) >= 11 is 5.61. The lowest BCUT2D eigenvalue weighted by Crippen LogP contribution is -1.96. The van der Waals surface area contributed by atoms with Crippen LogP contribution in [0.4, 0.5) is 14.6 Å². The van der Waals surface area contributed by atoms with Crippen molar-refractivity contribution in [3.8, 4) is 17.1 Å². The Kier molecular flexibility index (Phi) is 2.89. The van der Waals surface area contributed by atoms with E-state index >= 15 is 0 Å². The molecule has 0 spiro atoms. The standard InChI is InChI=1S/C10H7ClF2N2O2/c1-16-10-8(12)4(2-5(11)9(10)13)6-3-7(14)15-17-6/h2-3H,1H3,(H2,14,15). The van der Waals surface area contributed by atoms with Crippen LogP contribution in [0.5, 0.6) is 5.75 Å². The van der Waals surface area contributed by atoms with Gasteiger partial charge < -0.3 is 15.0 Å². The average molecular weight is 261 g/mol. The molecule has 1 heterocycles. The van der Waals surface area contributed by atoms with E-state index in [1.807, 2.05) is 0 Å². The lowest BCUT2D eigenvalue weighted by Gasteiger charge is -2.07. The molecule has 0 radical (unpaired) electrons. The number of methoxy groups -OCH3 is 1. The molecule has 0 saturated carbocycles. The highest BCUT2D eigenvalue weighted by Gasteiger charge is 2.21. The minimum absolute atomic E-state index is 0.0419. The number of anilines is 1. The molecule has 4 nitrogen and oxygen atoms in total. The second-order valence-electron chi connectivity index (χ2n) is 3.18. The number of benzene rings is 1. The first-order chi connectivity index (χ1) is 8.04. The summed E-state index contributed by atoms with van der Waals surface area (Å²) in [5, 5.41) is 3.12. The maximum absolute atomic E-state index is 13.9. The summed E-state index contributed by atoms with van der Waals surface area (Å²) in [6, 6.07) is 2.38. The van der Waals surface area contributed by atoms with E-state index in [1.165, 1.54) is 6.07 Å². The first-order valence-corrected chi connectivity index (χ1v) is 4.86. The van der Waals surface area contributed by atoms with Gasteiger partial charge in [-0.2, -0.15) is 0 Å². The van der Waals surface area contributed by atoms with Crippen molar-refractivity contribution in [3.63, 3.8) is 0 Å². The molecule has 2 aromatic rings. The van der Waals surface area contributed by atoms with Crippen LogP contribution in [-0.4, -0.2) is 12.3 Å². The van der Waals surface area contributed by atoms with Crippen molar-refractivity contribution in [1.29, 1.82) is 0 Å². The van der Waals surface area contributed by atoms with E-state index < -0.39 is 17.4 Å². The third-order valence-electron chi connectivity index (χ3n) is 2.11. The number of nitrogen functional groups attached to an aromatic ring is 1. The lowest BCUT2D eigenvalue weighted by molar-refractivity contribution is 0.359. The van der Waals surface area contributed by atoms with Gasteiger partial charge in [-0.15, -0.1) is 0 Å². The molecule has 17 heavy (non-hydrogen) atoms. The van der Waals surface area contributed by atoms with Gasteiger partial charge in [0, 0.05) is 6.07 Å². The third kappa shape index (κ3) is 1.91. The Morgan fingerprint density at radius 3 is 2.59 bits per heavy atom. The van der Waals surface area contributed by atoms with Crippen LogP contribution in [0, 0.1) is 11.6 Å². The molecule has 2 N–H and O–H groups in total. The number of halogens is 3. The van der Waals surface area contributed by atoms with E-state index in [4.69, 9.17) is 21.9 Å². The van der Waals surface area contributed by atoms with Crippen LogP contribution in [-0.2, 0) is 0 Å². The fraction of sp³-hybridized carbons (Fsp3) is 0.100. The van der Waals surface area contributed by atoms with Crippen molar-refractivity contribution < 1.29 is 18.0 Å². The van der Waals surface area contributed by atoms with E-state index in [1.54, 1.807) is 0 Å². The van der Waals surface area contributed by atoms with Crippen molar-refractivity contribution in [3.05, 3.63) is 28.8 Å². The molecule has 0 amide bonds. The minimum atomic E-state index is -0.970. The van der Waals surface area contributed by atoms with Crippen molar-refractivity contribution in [2.75, 3.05) is 12.8 Å². The maximum Gasteiger partial charge on any atom is 0.192 e. The van der Waals surface area contributed by atoms with Gasteiger partial charge in [0.1, 0.15) is 0 Å². The Morgan fingerprint density at radius 2 is 2.06 bits per heavy atom. The zero-order valence-corrected chi connectivity index (χ0v) is 9.39. The first-order valence-electron chi connectivity index (χ1n) is 4.48. The SMILES string of the molecule is COc1c(F)c(Cl)cc(-c2cc(N)no2)c1F. The molecular formula is C10H7ClF2N2O2. The van der Waals surface area contributed by atoms with Crippen molar-refractivity contribution in [2.45, 2.75) is 0 Å². The Labute approximate surface area is 99.9 Å². The van der Waals surface area contributed by atoms with Gasteiger partial charge in [-0.1, -0.05) is 16.8 Å². The molecule has 7 heteroatoms. The normalized spacial score (nSPS) is 10.6. The second-order valence-corrected chi connectivity index (χ2v) is 3.59. The molecule has 0 aliphatic rings. The minimum Gasteiger partial charge on any atom is -0.491 e. The zero-order valence-electron chi connectivity index (χ0n) is 8.63. The molecule has 0 fully saturated rings. The van der Waals surface area contributed by atoms with E-state index in [-0.39, 0.29) is 22.2 Å². The molecule has 1 aromatic carbocycles. The highest BCUT2D eigenvalue weighted by atomic mass is 35.5. The number of nitrogens with zero attached hydrogens (tertiary/aromatic N) is 1. The molecular weight excluding hydrogens is 254 g/mol. The summed E-state index contributed by atoms with van der Waals surface area (Å²) in [6.45, 7) is 0. The van der Waals surface area contributed by atoms with Crippen LogP contribution >= 0.6 is 11.6 Å². The van der Waals surface area contributed by atoms with Gasteiger partial charge in [-0.3, -0.25) is 0 Å². The van der Waals surface area contributed by atoms with Crippen LogP contribution in [0.3, 0.4) is 0 Å². The largest absolute Gasteiger partial charge is 0.491 e. The van der Waals surface area contributed by atoms with Crippen LogP contribution in [0.2, 0.25) is 5.02 Å². The van der Waals surface area contributed by atoms with Crippen LogP contribution in [0.1, 0.15) is 0 Å². The summed E-state index contributed by atoms with van der Waals surface area (Å²) in [6.07, 6.45) is 0.